The van der Waals surface area contributed by atoms with Crippen LogP contribution in [0.15, 0.2) is 48.7 Å². The van der Waals surface area contributed by atoms with Gasteiger partial charge in [-0.15, -0.1) is 0 Å². The van der Waals surface area contributed by atoms with Gasteiger partial charge in [-0.3, -0.25) is 4.79 Å². The molecule has 1 aliphatic rings. The van der Waals surface area contributed by atoms with Crippen LogP contribution in [0.2, 0.25) is 0 Å². The quantitative estimate of drug-likeness (QED) is 0.451. The van der Waals surface area contributed by atoms with Crippen molar-refractivity contribution in [2.75, 3.05) is 44.6 Å². The molecule has 3 aromatic rings. The smallest absolute Gasteiger partial charge is 0.229 e. The fourth-order valence-electron chi connectivity index (χ4n) is 4.38. The maximum absolute atomic E-state index is 12.9. The van der Waals surface area contributed by atoms with Gasteiger partial charge in [-0.05, 0) is 30.5 Å². The summed E-state index contributed by atoms with van der Waals surface area (Å²) in [5.41, 5.74) is 2.06. The SMILES string of the molecule is COc1cc(Nc2nccc(N3CCC[C@H](C(=O)NCc4ccccc4C#N)C3)n2)cc(OC)c1OC. The van der Waals surface area contributed by atoms with Gasteiger partial charge in [0, 0.05) is 43.7 Å². The Kier molecular flexibility index (Phi) is 8.26. The number of hydrogen-bond donors (Lipinski definition) is 2. The first-order valence-electron chi connectivity index (χ1n) is 12.0. The van der Waals surface area contributed by atoms with E-state index in [9.17, 15) is 10.1 Å². The van der Waals surface area contributed by atoms with E-state index in [0.29, 0.717) is 47.5 Å². The second kappa shape index (κ2) is 11.9. The Hall–Kier alpha value is -4.52. The highest BCUT2D eigenvalue weighted by Crippen LogP contribution is 2.40. The number of carbonyl (C=O) groups excluding carboxylic acids is 1. The Morgan fingerprint density at radius 3 is 2.59 bits per heavy atom. The lowest BCUT2D eigenvalue weighted by molar-refractivity contribution is -0.125. The minimum absolute atomic E-state index is 0.0257. The van der Waals surface area contributed by atoms with E-state index in [1.807, 2.05) is 24.3 Å². The summed E-state index contributed by atoms with van der Waals surface area (Å²) in [5.74, 6) is 2.47. The summed E-state index contributed by atoms with van der Waals surface area (Å²) in [6.07, 6.45) is 3.35. The fraction of sp³-hybridized carbons (Fsp3) is 0.333. The minimum Gasteiger partial charge on any atom is -0.493 e. The Balaban J connectivity index is 1.43. The highest BCUT2D eigenvalue weighted by atomic mass is 16.5. The van der Waals surface area contributed by atoms with Crippen LogP contribution in [0.5, 0.6) is 17.2 Å². The minimum atomic E-state index is -0.176. The number of rotatable bonds is 9. The number of aromatic nitrogens is 2. The van der Waals surface area contributed by atoms with Crippen molar-refractivity contribution in [3.8, 4) is 23.3 Å². The van der Waals surface area contributed by atoms with Gasteiger partial charge in [0.1, 0.15) is 5.82 Å². The molecule has 1 aliphatic heterocycles. The first-order valence-corrected chi connectivity index (χ1v) is 12.0. The molecule has 0 unspecified atom stereocenters. The van der Waals surface area contributed by atoms with Crippen molar-refractivity contribution in [3.63, 3.8) is 0 Å². The Labute approximate surface area is 216 Å². The van der Waals surface area contributed by atoms with E-state index in [2.05, 4.69) is 31.6 Å². The Bertz CT molecular complexity index is 1270. The van der Waals surface area contributed by atoms with Gasteiger partial charge in [-0.2, -0.15) is 10.2 Å². The largest absolute Gasteiger partial charge is 0.493 e. The lowest BCUT2D eigenvalue weighted by Crippen LogP contribution is -2.43. The molecule has 0 bridgehead atoms. The monoisotopic (exact) mass is 502 g/mol. The molecule has 1 saturated heterocycles. The summed E-state index contributed by atoms with van der Waals surface area (Å²) in [6, 6.07) is 14.9. The highest BCUT2D eigenvalue weighted by molar-refractivity contribution is 5.79. The second-order valence-electron chi connectivity index (χ2n) is 8.55. The molecule has 2 heterocycles. The zero-order valence-electron chi connectivity index (χ0n) is 21.2. The van der Waals surface area contributed by atoms with E-state index in [4.69, 9.17) is 14.2 Å². The summed E-state index contributed by atoms with van der Waals surface area (Å²) >= 11 is 0. The maximum Gasteiger partial charge on any atom is 0.229 e. The number of ether oxygens (including phenoxy) is 3. The van der Waals surface area contributed by atoms with E-state index >= 15 is 0 Å². The average Bonchev–Trinajstić information content (AvgIpc) is 2.95. The van der Waals surface area contributed by atoms with Crippen LogP contribution in [-0.4, -0.2) is 50.3 Å². The van der Waals surface area contributed by atoms with E-state index in [-0.39, 0.29) is 11.8 Å². The van der Waals surface area contributed by atoms with Crippen LogP contribution in [0.1, 0.15) is 24.0 Å². The topological polar surface area (TPSA) is 122 Å². The number of nitriles is 1. The number of piperidine rings is 1. The molecule has 0 saturated carbocycles. The third kappa shape index (κ3) is 6.01. The number of benzene rings is 2. The summed E-state index contributed by atoms with van der Waals surface area (Å²) in [5, 5.41) is 15.5. The zero-order valence-corrected chi connectivity index (χ0v) is 21.2. The molecule has 2 aromatic carbocycles. The highest BCUT2D eigenvalue weighted by Gasteiger charge is 2.27. The van der Waals surface area contributed by atoms with E-state index < -0.39 is 0 Å². The maximum atomic E-state index is 12.9. The Morgan fingerprint density at radius 1 is 1.14 bits per heavy atom. The number of hydrogen-bond acceptors (Lipinski definition) is 9. The number of carbonyl (C=O) groups is 1. The van der Waals surface area contributed by atoms with Gasteiger partial charge in [-0.1, -0.05) is 18.2 Å². The van der Waals surface area contributed by atoms with Crippen molar-refractivity contribution in [2.45, 2.75) is 19.4 Å². The van der Waals surface area contributed by atoms with Crippen LogP contribution < -0.4 is 29.7 Å². The van der Waals surface area contributed by atoms with Gasteiger partial charge in [0.05, 0.1) is 38.9 Å². The molecule has 0 aliphatic carbocycles. The van der Waals surface area contributed by atoms with Gasteiger partial charge < -0.3 is 29.7 Å². The molecule has 10 heteroatoms. The van der Waals surface area contributed by atoms with Crippen LogP contribution in [0, 0.1) is 17.2 Å². The third-order valence-corrected chi connectivity index (χ3v) is 6.27. The van der Waals surface area contributed by atoms with Crippen LogP contribution in [0.3, 0.4) is 0 Å². The van der Waals surface area contributed by atoms with Crippen LogP contribution in [0.4, 0.5) is 17.5 Å². The first kappa shape index (κ1) is 25.6. The predicted molar refractivity (Wildman–Crippen MR) is 139 cm³/mol. The molecule has 1 fully saturated rings. The predicted octanol–water partition coefficient (Wildman–Crippen LogP) is 3.65. The standard InChI is InChI=1S/C27H30N6O4/c1-35-22-13-21(14-23(36-2)25(22)37-3)31-27-29-11-10-24(32-27)33-12-6-9-20(17-33)26(34)30-16-19-8-5-4-7-18(19)15-28/h4-5,7-8,10-11,13-14,20H,6,9,12,16-17H2,1-3H3,(H,30,34)(H,29,31,32)/t20-/m0/s1. The third-order valence-electron chi connectivity index (χ3n) is 6.27. The van der Waals surface area contributed by atoms with E-state index in [0.717, 1.165) is 30.8 Å². The summed E-state index contributed by atoms with van der Waals surface area (Å²) < 4.78 is 16.2. The summed E-state index contributed by atoms with van der Waals surface area (Å²) in [4.78, 5) is 24.1. The first-order chi connectivity index (χ1) is 18.1. The molecule has 1 aromatic heterocycles. The number of anilines is 3. The molecule has 10 nitrogen and oxygen atoms in total. The average molecular weight is 503 g/mol. The zero-order chi connectivity index (χ0) is 26.2. The lowest BCUT2D eigenvalue weighted by atomic mass is 9.97. The van der Waals surface area contributed by atoms with Gasteiger partial charge in [0.2, 0.25) is 17.6 Å². The summed E-state index contributed by atoms with van der Waals surface area (Å²) in [6.45, 7) is 1.67. The number of nitrogens with one attached hydrogen (secondary N) is 2. The molecule has 2 N–H and O–H groups in total. The van der Waals surface area contributed by atoms with Gasteiger partial charge in [0.15, 0.2) is 11.5 Å². The molecule has 37 heavy (non-hydrogen) atoms. The van der Waals surface area contributed by atoms with Crippen molar-refractivity contribution < 1.29 is 19.0 Å². The van der Waals surface area contributed by atoms with Crippen molar-refractivity contribution in [3.05, 3.63) is 59.8 Å². The second-order valence-corrected chi connectivity index (χ2v) is 8.55. The summed E-state index contributed by atoms with van der Waals surface area (Å²) in [7, 11) is 4.67. The van der Waals surface area contributed by atoms with Crippen LogP contribution >= 0.6 is 0 Å². The van der Waals surface area contributed by atoms with Gasteiger partial charge in [-0.25, -0.2) is 4.98 Å². The lowest BCUT2D eigenvalue weighted by Gasteiger charge is -2.33. The molecular formula is C27H30N6O4. The van der Waals surface area contributed by atoms with E-state index in [1.54, 1.807) is 45.7 Å². The van der Waals surface area contributed by atoms with Crippen molar-refractivity contribution in [1.82, 2.24) is 15.3 Å². The van der Waals surface area contributed by atoms with Gasteiger partial charge in [0.25, 0.3) is 0 Å². The van der Waals surface area contributed by atoms with Crippen LogP contribution in [0.25, 0.3) is 0 Å². The van der Waals surface area contributed by atoms with Crippen LogP contribution in [-0.2, 0) is 11.3 Å². The number of nitrogens with zero attached hydrogens (tertiary/aromatic N) is 4. The molecular weight excluding hydrogens is 472 g/mol. The molecule has 0 spiro atoms. The van der Waals surface area contributed by atoms with Crippen molar-refractivity contribution in [1.29, 1.82) is 5.26 Å². The number of amides is 1. The number of methoxy groups -OCH3 is 3. The normalized spacial score (nSPS) is 14.9. The van der Waals surface area contributed by atoms with Gasteiger partial charge >= 0.3 is 0 Å². The molecule has 1 atom stereocenters. The molecule has 0 radical (unpaired) electrons. The Morgan fingerprint density at radius 2 is 1.89 bits per heavy atom. The van der Waals surface area contributed by atoms with Crippen molar-refractivity contribution >= 4 is 23.4 Å². The van der Waals surface area contributed by atoms with Crippen molar-refractivity contribution in [2.24, 2.45) is 5.92 Å². The molecule has 192 valence electrons. The molecule has 4 rings (SSSR count). The van der Waals surface area contributed by atoms with E-state index in [1.165, 1.54) is 0 Å². The molecule has 1 amide bonds. The fourth-order valence-corrected chi connectivity index (χ4v) is 4.38.